The molecule has 0 saturated carbocycles. The Morgan fingerprint density at radius 3 is 2.10 bits per heavy atom. The summed E-state index contributed by atoms with van der Waals surface area (Å²) in [5, 5.41) is 13.6. The molecule has 0 aliphatic carbocycles. The number of benzene rings is 2. The summed E-state index contributed by atoms with van der Waals surface area (Å²) in [6, 6.07) is 11.5. The highest BCUT2D eigenvalue weighted by Crippen LogP contribution is 2.44. The van der Waals surface area contributed by atoms with Gasteiger partial charge in [0, 0.05) is 17.4 Å². The minimum atomic E-state index is -4.88. The van der Waals surface area contributed by atoms with Gasteiger partial charge in [0.05, 0.1) is 4.90 Å². The summed E-state index contributed by atoms with van der Waals surface area (Å²) >= 11 is 0. The standard InChI is InChI=1S/C21H19F3N2O4S/c1-3-16(20(27)28)26-19(21(22,23)24)17(13-7-5-4-6-8-13)18(25-26)14-9-11-15(12-10-14)31(2,29)30/h4-12,16H,3H2,1-2H3,(H,27,28). The van der Waals surface area contributed by atoms with E-state index in [2.05, 4.69) is 5.10 Å². The molecular formula is C21H19F3N2O4S. The van der Waals surface area contributed by atoms with Gasteiger partial charge in [-0.2, -0.15) is 18.3 Å². The van der Waals surface area contributed by atoms with Crippen LogP contribution >= 0.6 is 0 Å². The molecule has 0 amide bonds. The van der Waals surface area contributed by atoms with E-state index in [-0.39, 0.29) is 33.7 Å². The molecule has 0 bridgehead atoms. The number of aromatic nitrogens is 2. The number of hydrogen-bond donors (Lipinski definition) is 1. The third kappa shape index (κ3) is 4.48. The summed E-state index contributed by atoms with van der Waals surface area (Å²) in [5.74, 6) is -1.44. The van der Waals surface area contributed by atoms with E-state index in [9.17, 15) is 31.5 Å². The van der Waals surface area contributed by atoms with Gasteiger partial charge in [0.1, 0.15) is 11.7 Å². The maximum absolute atomic E-state index is 14.2. The van der Waals surface area contributed by atoms with Gasteiger partial charge >= 0.3 is 12.1 Å². The number of carbonyl (C=O) groups is 1. The van der Waals surface area contributed by atoms with Gasteiger partial charge in [-0.25, -0.2) is 17.9 Å². The van der Waals surface area contributed by atoms with E-state index in [0.717, 1.165) is 6.26 Å². The van der Waals surface area contributed by atoms with Crippen LogP contribution in [0.25, 0.3) is 22.4 Å². The maximum Gasteiger partial charge on any atom is 0.433 e. The summed E-state index contributed by atoms with van der Waals surface area (Å²) in [5.41, 5.74) is -1.08. The fourth-order valence-electron chi connectivity index (χ4n) is 3.32. The first-order chi connectivity index (χ1) is 14.4. The van der Waals surface area contributed by atoms with Crippen LogP contribution in [0.5, 0.6) is 0 Å². The minimum Gasteiger partial charge on any atom is -0.480 e. The average molecular weight is 452 g/mol. The van der Waals surface area contributed by atoms with Crippen molar-refractivity contribution in [1.29, 1.82) is 0 Å². The summed E-state index contributed by atoms with van der Waals surface area (Å²) in [7, 11) is -3.50. The molecule has 10 heteroatoms. The number of alkyl halides is 3. The van der Waals surface area contributed by atoms with Gasteiger partial charge in [-0.05, 0) is 24.1 Å². The van der Waals surface area contributed by atoms with E-state index >= 15 is 0 Å². The molecule has 0 spiro atoms. The highest BCUT2D eigenvalue weighted by molar-refractivity contribution is 7.90. The van der Waals surface area contributed by atoms with E-state index in [4.69, 9.17) is 0 Å². The second kappa shape index (κ2) is 8.18. The Kier molecular flexibility index (Phi) is 5.95. The molecule has 0 saturated heterocycles. The van der Waals surface area contributed by atoms with Crippen molar-refractivity contribution < 1.29 is 31.5 Å². The smallest absolute Gasteiger partial charge is 0.433 e. The van der Waals surface area contributed by atoms with Gasteiger partial charge in [-0.1, -0.05) is 49.4 Å². The zero-order chi connectivity index (χ0) is 23.0. The Balaban J connectivity index is 2.38. The van der Waals surface area contributed by atoms with E-state index in [0.29, 0.717) is 4.68 Å². The van der Waals surface area contributed by atoms with Crippen molar-refractivity contribution in [2.24, 2.45) is 0 Å². The fraction of sp³-hybridized carbons (Fsp3) is 0.238. The van der Waals surface area contributed by atoms with Crippen LogP contribution in [0.15, 0.2) is 59.5 Å². The quantitative estimate of drug-likeness (QED) is 0.587. The summed E-state index contributed by atoms with van der Waals surface area (Å²) in [4.78, 5) is 11.7. The van der Waals surface area contributed by atoms with Crippen molar-refractivity contribution in [3.63, 3.8) is 0 Å². The van der Waals surface area contributed by atoms with Crippen LogP contribution in [-0.4, -0.2) is 35.5 Å². The fourth-order valence-corrected chi connectivity index (χ4v) is 3.95. The number of carboxylic acids is 1. The maximum atomic E-state index is 14.2. The average Bonchev–Trinajstić information content (AvgIpc) is 3.09. The Hall–Kier alpha value is -3.14. The lowest BCUT2D eigenvalue weighted by atomic mass is 9.98. The molecule has 1 N–H and O–H groups in total. The molecule has 31 heavy (non-hydrogen) atoms. The van der Waals surface area contributed by atoms with Crippen molar-refractivity contribution in [3.05, 3.63) is 60.3 Å². The Labute approximate surface area is 176 Å². The van der Waals surface area contributed by atoms with Gasteiger partial charge in [0.15, 0.2) is 15.5 Å². The number of rotatable bonds is 6. The number of sulfone groups is 1. The number of carboxylic acid groups (broad SMARTS) is 1. The lowest BCUT2D eigenvalue weighted by Crippen LogP contribution is -2.25. The molecular weight excluding hydrogens is 433 g/mol. The molecule has 3 rings (SSSR count). The molecule has 1 aromatic heterocycles. The van der Waals surface area contributed by atoms with Crippen molar-refractivity contribution >= 4 is 15.8 Å². The van der Waals surface area contributed by atoms with Crippen molar-refractivity contribution in [2.45, 2.75) is 30.5 Å². The van der Waals surface area contributed by atoms with Crippen LogP contribution in [0.1, 0.15) is 25.1 Å². The topological polar surface area (TPSA) is 89.3 Å². The normalized spacial score (nSPS) is 13.2. The molecule has 6 nitrogen and oxygen atoms in total. The van der Waals surface area contributed by atoms with E-state index in [1.165, 1.54) is 43.3 Å². The van der Waals surface area contributed by atoms with E-state index < -0.39 is 33.7 Å². The van der Waals surface area contributed by atoms with Crippen LogP contribution in [0.3, 0.4) is 0 Å². The number of hydrogen-bond acceptors (Lipinski definition) is 4. The largest absolute Gasteiger partial charge is 0.480 e. The predicted molar refractivity (Wildman–Crippen MR) is 108 cm³/mol. The molecule has 0 aliphatic rings. The first kappa shape index (κ1) is 22.5. The molecule has 1 unspecified atom stereocenters. The molecule has 1 heterocycles. The van der Waals surface area contributed by atoms with Gasteiger partial charge in [0.25, 0.3) is 0 Å². The predicted octanol–water partition coefficient (Wildman–Crippen LogP) is 4.68. The second-order valence-corrected chi connectivity index (χ2v) is 8.96. The number of nitrogens with zero attached hydrogens (tertiary/aromatic N) is 2. The lowest BCUT2D eigenvalue weighted by molar-refractivity contribution is -0.149. The highest BCUT2D eigenvalue weighted by Gasteiger charge is 2.43. The number of aliphatic carboxylic acids is 1. The molecule has 0 radical (unpaired) electrons. The molecule has 0 fully saturated rings. The highest BCUT2D eigenvalue weighted by atomic mass is 32.2. The Bertz CT molecular complexity index is 1200. The minimum absolute atomic E-state index is 0.00459. The van der Waals surface area contributed by atoms with Crippen LogP contribution in [0.2, 0.25) is 0 Å². The molecule has 2 aromatic carbocycles. The summed E-state index contributed by atoms with van der Waals surface area (Å²) < 4.78 is 66.5. The van der Waals surface area contributed by atoms with Crippen molar-refractivity contribution in [3.8, 4) is 22.4 Å². The van der Waals surface area contributed by atoms with E-state index in [1.54, 1.807) is 18.2 Å². The van der Waals surface area contributed by atoms with Crippen molar-refractivity contribution in [1.82, 2.24) is 9.78 Å². The van der Waals surface area contributed by atoms with Crippen molar-refractivity contribution in [2.75, 3.05) is 6.26 Å². The Morgan fingerprint density at radius 2 is 1.65 bits per heavy atom. The third-order valence-electron chi connectivity index (χ3n) is 4.76. The zero-order valence-corrected chi connectivity index (χ0v) is 17.4. The van der Waals surface area contributed by atoms with Gasteiger partial charge in [-0.15, -0.1) is 0 Å². The first-order valence-corrected chi connectivity index (χ1v) is 11.1. The molecule has 3 aromatic rings. The van der Waals surface area contributed by atoms with Crippen LogP contribution < -0.4 is 0 Å². The third-order valence-corrected chi connectivity index (χ3v) is 5.89. The SMILES string of the molecule is CCC(C(=O)O)n1nc(-c2ccc(S(C)(=O)=O)cc2)c(-c2ccccc2)c1C(F)(F)F. The second-order valence-electron chi connectivity index (χ2n) is 6.94. The van der Waals surface area contributed by atoms with Gasteiger partial charge < -0.3 is 5.11 Å². The summed E-state index contributed by atoms with van der Waals surface area (Å²) in [6.45, 7) is 1.46. The molecule has 1 atom stereocenters. The monoisotopic (exact) mass is 452 g/mol. The molecule has 164 valence electrons. The summed E-state index contributed by atoms with van der Waals surface area (Å²) in [6.07, 6.45) is -3.97. The Morgan fingerprint density at radius 1 is 1.06 bits per heavy atom. The number of halogens is 3. The van der Waals surface area contributed by atoms with Gasteiger partial charge in [0.2, 0.25) is 0 Å². The zero-order valence-electron chi connectivity index (χ0n) is 16.6. The van der Waals surface area contributed by atoms with Crippen LogP contribution in [0, 0.1) is 0 Å². The van der Waals surface area contributed by atoms with Crippen LogP contribution in [0.4, 0.5) is 13.2 Å². The van der Waals surface area contributed by atoms with E-state index in [1.807, 2.05) is 0 Å². The molecule has 0 aliphatic heterocycles. The lowest BCUT2D eigenvalue weighted by Gasteiger charge is -2.17. The van der Waals surface area contributed by atoms with Gasteiger partial charge in [-0.3, -0.25) is 0 Å². The first-order valence-electron chi connectivity index (χ1n) is 9.23. The van der Waals surface area contributed by atoms with Crippen LogP contribution in [-0.2, 0) is 20.8 Å².